The van der Waals surface area contributed by atoms with Gasteiger partial charge >= 0.3 is 5.97 Å². The molecule has 1 N–H and O–H groups in total. The van der Waals surface area contributed by atoms with Crippen molar-refractivity contribution >= 4 is 5.97 Å². The minimum atomic E-state index is -0.860. The smallest absolute Gasteiger partial charge is 0.303 e. The molecule has 0 aliphatic rings. The summed E-state index contributed by atoms with van der Waals surface area (Å²) in [6.45, 7) is 0. The molecule has 0 bridgehead atoms. The number of aryl methyl sites for hydroxylation is 1. The zero-order valence-electron chi connectivity index (χ0n) is 10.5. The van der Waals surface area contributed by atoms with E-state index in [2.05, 4.69) is 9.97 Å². The number of hydrogen-bond donors (Lipinski definition) is 1. The Morgan fingerprint density at radius 3 is 3.00 bits per heavy atom. The van der Waals surface area contributed by atoms with Crippen LogP contribution in [0, 0.1) is 0 Å². The van der Waals surface area contributed by atoms with Gasteiger partial charge in [-0.05, 0) is 18.6 Å². The number of aliphatic carboxylic acids is 1. The molecule has 0 radical (unpaired) electrons. The number of rotatable bonds is 6. The number of carboxylic acids is 1. The highest BCUT2D eigenvalue weighted by molar-refractivity contribution is 5.67. The van der Waals surface area contributed by atoms with Crippen molar-refractivity contribution in [3.05, 3.63) is 41.7 Å². The van der Waals surface area contributed by atoms with Crippen LogP contribution < -0.4 is 4.74 Å². The SMILES string of the molecule is COc1nc(Cc2ccco2)ncc1CCC(=O)O. The van der Waals surface area contributed by atoms with Crippen LogP contribution in [0.2, 0.25) is 0 Å². The summed E-state index contributed by atoms with van der Waals surface area (Å²) in [6, 6.07) is 3.64. The van der Waals surface area contributed by atoms with E-state index in [0.29, 0.717) is 30.1 Å². The maximum Gasteiger partial charge on any atom is 0.303 e. The van der Waals surface area contributed by atoms with Crippen molar-refractivity contribution in [3.63, 3.8) is 0 Å². The average molecular weight is 262 g/mol. The van der Waals surface area contributed by atoms with E-state index in [1.54, 1.807) is 18.5 Å². The fourth-order valence-corrected chi connectivity index (χ4v) is 1.67. The standard InChI is InChI=1S/C13H14N2O4/c1-18-13-9(4-5-12(16)17)8-14-11(15-13)7-10-3-2-6-19-10/h2-3,6,8H,4-5,7H2,1H3,(H,16,17). The molecule has 2 aromatic rings. The van der Waals surface area contributed by atoms with Gasteiger partial charge in [0.15, 0.2) is 0 Å². The maximum atomic E-state index is 10.6. The van der Waals surface area contributed by atoms with Crippen LogP contribution in [0.1, 0.15) is 23.6 Å². The molecule has 0 aliphatic heterocycles. The van der Waals surface area contributed by atoms with Gasteiger partial charge in [-0.3, -0.25) is 4.79 Å². The molecule has 0 saturated carbocycles. The lowest BCUT2D eigenvalue weighted by molar-refractivity contribution is -0.136. The molecule has 0 aromatic carbocycles. The first-order chi connectivity index (χ1) is 9.19. The summed E-state index contributed by atoms with van der Waals surface area (Å²) in [6.07, 6.45) is 4.04. The number of carboxylic acid groups (broad SMARTS) is 1. The summed E-state index contributed by atoms with van der Waals surface area (Å²) < 4.78 is 10.4. The van der Waals surface area contributed by atoms with Gasteiger partial charge in [-0.2, -0.15) is 4.98 Å². The second-order valence-electron chi connectivity index (χ2n) is 3.97. The molecule has 0 aliphatic carbocycles. The minimum absolute atomic E-state index is 0.0251. The van der Waals surface area contributed by atoms with Crippen LogP contribution in [-0.2, 0) is 17.6 Å². The van der Waals surface area contributed by atoms with Gasteiger partial charge in [0.2, 0.25) is 5.88 Å². The number of aromatic nitrogens is 2. The molecule has 2 rings (SSSR count). The van der Waals surface area contributed by atoms with Crippen molar-refractivity contribution in [3.8, 4) is 5.88 Å². The van der Waals surface area contributed by atoms with E-state index in [0.717, 1.165) is 5.76 Å². The second-order valence-corrected chi connectivity index (χ2v) is 3.97. The Bertz CT molecular complexity index is 552. The summed E-state index contributed by atoms with van der Waals surface area (Å²) in [5.74, 6) is 0.894. The van der Waals surface area contributed by atoms with E-state index in [-0.39, 0.29) is 6.42 Å². The molecule has 0 atom stereocenters. The van der Waals surface area contributed by atoms with Crippen LogP contribution in [0.4, 0.5) is 0 Å². The lowest BCUT2D eigenvalue weighted by atomic mass is 10.2. The predicted octanol–water partition coefficient (Wildman–Crippen LogP) is 1.69. The van der Waals surface area contributed by atoms with Crippen molar-refractivity contribution in [1.29, 1.82) is 0 Å². The first-order valence-electron chi connectivity index (χ1n) is 5.82. The van der Waals surface area contributed by atoms with E-state index in [1.165, 1.54) is 7.11 Å². The largest absolute Gasteiger partial charge is 0.481 e. The number of carbonyl (C=O) groups is 1. The van der Waals surface area contributed by atoms with Crippen LogP contribution in [0.3, 0.4) is 0 Å². The van der Waals surface area contributed by atoms with Gasteiger partial charge in [0.25, 0.3) is 0 Å². The van der Waals surface area contributed by atoms with Gasteiger partial charge < -0.3 is 14.3 Å². The second kappa shape index (κ2) is 5.99. The summed E-state index contributed by atoms with van der Waals surface area (Å²) in [4.78, 5) is 19.0. The Morgan fingerprint density at radius 2 is 2.37 bits per heavy atom. The molecule has 0 saturated heterocycles. The molecule has 2 aromatic heterocycles. The first kappa shape index (κ1) is 13.1. The van der Waals surface area contributed by atoms with Gasteiger partial charge in [-0.1, -0.05) is 0 Å². The Hall–Kier alpha value is -2.37. The molecular formula is C13H14N2O4. The molecular weight excluding hydrogens is 248 g/mol. The van der Waals surface area contributed by atoms with Gasteiger partial charge in [0.05, 0.1) is 19.8 Å². The van der Waals surface area contributed by atoms with Crippen LogP contribution in [0.25, 0.3) is 0 Å². The van der Waals surface area contributed by atoms with Crippen LogP contribution in [-0.4, -0.2) is 28.2 Å². The molecule has 2 heterocycles. The lowest BCUT2D eigenvalue weighted by Gasteiger charge is -2.07. The molecule has 0 amide bonds. The molecule has 0 unspecified atom stereocenters. The zero-order valence-corrected chi connectivity index (χ0v) is 10.5. The minimum Gasteiger partial charge on any atom is -0.481 e. The average Bonchev–Trinajstić information content (AvgIpc) is 2.89. The number of ether oxygens (including phenoxy) is 1. The van der Waals surface area contributed by atoms with Crippen molar-refractivity contribution in [1.82, 2.24) is 9.97 Å². The third-order valence-corrected chi connectivity index (χ3v) is 2.59. The van der Waals surface area contributed by atoms with E-state index in [4.69, 9.17) is 14.3 Å². The molecule has 0 fully saturated rings. The third-order valence-electron chi connectivity index (χ3n) is 2.59. The third kappa shape index (κ3) is 3.54. The van der Waals surface area contributed by atoms with E-state index >= 15 is 0 Å². The van der Waals surface area contributed by atoms with E-state index < -0.39 is 5.97 Å². The Kier molecular flexibility index (Phi) is 4.12. The highest BCUT2D eigenvalue weighted by Crippen LogP contribution is 2.17. The molecule has 100 valence electrons. The van der Waals surface area contributed by atoms with E-state index in [9.17, 15) is 4.79 Å². The van der Waals surface area contributed by atoms with Gasteiger partial charge in [-0.25, -0.2) is 4.98 Å². The number of nitrogens with zero attached hydrogens (tertiary/aromatic N) is 2. The maximum absolute atomic E-state index is 10.6. The quantitative estimate of drug-likeness (QED) is 0.852. The molecule has 6 heteroatoms. The highest BCUT2D eigenvalue weighted by atomic mass is 16.5. The Balaban J connectivity index is 2.13. The van der Waals surface area contributed by atoms with Crippen LogP contribution >= 0.6 is 0 Å². The topological polar surface area (TPSA) is 85.5 Å². The summed E-state index contributed by atoms with van der Waals surface area (Å²) in [7, 11) is 1.50. The summed E-state index contributed by atoms with van der Waals surface area (Å²) in [5.41, 5.74) is 0.688. The molecule has 0 spiro atoms. The predicted molar refractivity (Wildman–Crippen MR) is 66.1 cm³/mol. The van der Waals surface area contributed by atoms with Crippen molar-refractivity contribution in [2.75, 3.05) is 7.11 Å². The number of methoxy groups -OCH3 is 1. The highest BCUT2D eigenvalue weighted by Gasteiger charge is 2.10. The van der Waals surface area contributed by atoms with Crippen molar-refractivity contribution in [2.45, 2.75) is 19.3 Å². The van der Waals surface area contributed by atoms with Crippen LogP contribution in [0.5, 0.6) is 5.88 Å². The van der Waals surface area contributed by atoms with Gasteiger partial charge in [0.1, 0.15) is 11.6 Å². The normalized spacial score (nSPS) is 10.4. The molecule has 6 nitrogen and oxygen atoms in total. The first-order valence-corrected chi connectivity index (χ1v) is 5.82. The Labute approximate surface area is 110 Å². The fraction of sp³-hybridized carbons (Fsp3) is 0.308. The monoisotopic (exact) mass is 262 g/mol. The number of furan rings is 1. The summed E-state index contributed by atoms with van der Waals surface area (Å²) in [5, 5.41) is 8.67. The van der Waals surface area contributed by atoms with Crippen molar-refractivity contribution in [2.24, 2.45) is 0 Å². The van der Waals surface area contributed by atoms with Gasteiger partial charge in [-0.15, -0.1) is 0 Å². The number of hydrogen-bond acceptors (Lipinski definition) is 5. The van der Waals surface area contributed by atoms with E-state index in [1.807, 2.05) is 6.07 Å². The zero-order chi connectivity index (χ0) is 13.7. The van der Waals surface area contributed by atoms with Crippen molar-refractivity contribution < 1.29 is 19.1 Å². The fourth-order valence-electron chi connectivity index (χ4n) is 1.67. The van der Waals surface area contributed by atoms with Crippen LogP contribution in [0.15, 0.2) is 29.0 Å². The summed E-state index contributed by atoms with van der Waals surface area (Å²) >= 11 is 0. The molecule has 19 heavy (non-hydrogen) atoms. The van der Waals surface area contributed by atoms with Gasteiger partial charge in [0, 0.05) is 18.2 Å². The lowest BCUT2D eigenvalue weighted by Crippen LogP contribution is -2.04. The Morgan fingerprint density at radius 1 is 1.53 bits per heavy atom.